The van der Waals surface area contributed by atoms with E-state index < -0.39 is 5.97 Å². The van der Waals surface area contributed by atoms with Crippen molar-refractivity contribution in [1.29, 1.82) is 5.41 Å². The molecule has 8 nitrogen and oxygen atoms in total. The van der Waals surface area contributed by atoms with E-state index in [9.17, 15) is 14.4 Å². The molecule has 1 N–H and O–H groups in total. The first-order chi connectivity index (χ1) is 23.9. The van der Waals surface area contributed by atoms with Crippen LogP contribution in [0.4, 0.5) is 0 Å². The maximum atomic E-state index is 13.1. The maximum absolute atomic E-state index is 13.1. The normalized spacial score (nSPS) is 20.5. The first-order valence-electron chi connectivity index (χ1n) is 18.5. The Morgan fingerprint density at radius 1 is 0.755 bits per heavy atom. The fourth-order valence-corrected chi connectivity index (χ4v) is 7.03. The van der Waals surface area contributed by atoms with Crippen molar-refractivity contribution in [2.45, 2.75) is 116 Å². The summed E-state index contributed by atoms with van der Waals surface area (Å²) in [6.07, 6.45) is 18.5. The molecule has 0 unspecified atom stereocenters. The molecule has 0 aromatic heterocycles. The molecule has 2 fully saturated rings. The SMILES string of the molecule is C=CC(=O)OCCCCCCOc1ccc(OC(=O)C2CCC(C(=O)Oc3ccc(C4CCC(CCCCC)CC4)cc3C=N)CC2)cc1. The van der Waals surface area contributed by atoms with Crippen LogP contribution in [0.3, 0.4) is 0 Å². The lowest BCUT2D eigenvalue weighted by atomic mass is 9.77. The second-order valence-electron chi connectivity index (χ2n) is 13.7. The van der Waals surface area contributed by atoms with E-state index in [1.807, 2.05) is 12.1 Å². The Morgan fingerprint density at radius 2 is 1.39 bits per heavy atom. The number of nitrogens with one attached hydrogen (secondary N) is 1. The van der Waals surface area contributed by atoms with Gasteiger partial charge in [0.05, 0.1) is 25.0 Å². The van der Waals surface area contributed by atoms with Gasteiger partial charge in [0.1, 0.15) is 17.2 Å². The van der Waals surface area contributed by atoms with Gasteiger partial charge in [-0.3, -0.25) is 9.59 Å². The van der Waals surface area contributed by atoms with Crippen molar-refractivity contribution >= 4 is 24.1 Å². The zero-order valence-electron chi connectivity index (χ0n) is 29.3. The first kappa shape index (κ1) is 37.9. The van der Waals surface area contributed by atoms with Crippen molar-refractivity contribution in [3.63, 3.8) is 0 Å². The summed E-state index contributed by atoms with van der Waals surface area (Å²) in [5.74, 6) is 1.45. The number of carbonyl (C=O) groups is 3. The molecule has 4 rings (SSSR count). The molecular formula is C41H55NO7. The number of hydrogen-bond acceptors (Lipinski definition) is 8. The number of esters is 3. The Bertz CT molecular complexity index is 1350. The summed E-state index contributed by atoms with van der Waals surface area (Å²) in [4.78, 5) is 37.0. The van der Waals surface area contributed by atoms with Gasteiger partial charge in [0.15, 0.2) is 0 Å². The topological polar surface area (TPSA) is 112 Å². The summed E-state index contributed by atoms with van der Waals surface area (Å²) >= 11 is 0. The van der Waals surface area contributed by atoms with Crippen LogP contribution in [0.5, 0.6) is 17.2 Å². The molecule has 266 valence electrons. The van der Waals surface area contributed by atoms with Gasteiger partial charge in [-0.25, -0.2) is 4.79 Å². The van der Waals surface area contributed by atoms with Crippen LogP contribution in [-0.2, 0) is 19.1 Å². The summed E-state index contributed by atoms with van der Waals surface area (Å²) in [6.45, 7) is 6.61. The second kappa shape index (κ2) is 20.5. The van der Waals surface area contributed by atoms with Crippen LogP contribution >= 0.6 is 0 Å². The van der Waals surface area contributed by atoms with Crippen molar-refractivity contribution in [3.8, 4) is 17.2 Å². The van der Waals surface area contributed by atoms with Crippen LogP contribution in [-0.4, -0.2) is 37.3 Å². The van der Waals surface area contributed by atoms with Crippen LogP contribution in [0.1, 0.15) is 127 Å². The van der Waals surface area contributed by atoms with E-state index in [0.717, 1.165) is 31.6 Å². The van der Waals surface area contributed by atoms with E-state index in [0.29, 0.717) is 67.6 Å². The summed E-state index contributed by atoms with van der Waals surface area (Å²) in [5.41, 5.74) is 1.88. The van der Waals surface area contributed by atoms with Crippen LogP contribution in [0.25, 0.3) is 0 Å². The zero-order chi connectivity index (χ0) is 34.8. The largest absolute Gasteiger partial charge is 0.494 e. The smallest absolute Gasteiger partial charge is 0.330 e. The minimum absolute atomic E-state index is 0.265. The third-order valence-electron chi connectivity index (χ3n) is 10.1. The third kappa shape index (κ3) is 12.5. The highest BCUT2D eigenvalue weighted by Gasteiger charge is 2.32. The fourth-order valence-electron chi connectivity index (χ4n) is 7.03. The van der Waals surface area contributed by atoms with Crippen molar-refractivity contribution in [2.24, 2.45) is 17.8 Å². The second-order valence-corrected chi connectivity index (χ2v) is 13.7. The first-order valence-corrected chi connectivity index (χ1v) is 18.5. The number of rotatable bonds is 19. The summed E-state index contributed by atoms with van der Waals surface area (Å²) in [6, 6.07) is 13.0. The van der Waals surface area contributed by atoms with Gasteiger partial charge in [-0.1, -0.05) is 45.3 Å². The molecule has 0 heterocycles. The number of unbranched alkanes of at least 4 members (excludes halogenated alkanes) is 5. The number of carbonyl (C=O) groups excluding carboxylic acids is 3. The van der Waals surface area contributed by atoms with E-state index in [4.69, 9.17) is 24.4 Å². The van der Waals surface area contributed by atoms with Gasteiger partial charge in [-0.05, 0) is 131 Å². The monoisotopic (exact) mass is 673 g/mol. The number of benzene rings is 2. The average molecular weight is 674 g/mol. The molecule has 8 heteroatoms. The average Bonchev–Trinajstić information content (AvgIpc) is 3.13. The van der Waals surface area contributed by atoms with Crippen LogP contribution in [0, 0.1) is 23.2 Å². The number of hydrogen-bond donors (Lipinski definition) is 1. The van der Waals surface area contributed by atoms with Gasteiger partial charge in [-0.2, -0.15) is 0 Å². The van der Waals surface area contributed by atoms with Gasteiger partial charge in [-0.15, -0.1) is 0 Å². The van der Waals surface area contributed by atoms with E-state index in [1.165, 1.54) is 69.2 Å². The van der Waals surface area contributed by atoms with Gasteiger partial charge >= 0.3 is 17.9 Å². The molecule has 0 aliphatic heterocycles. The molecule has 2 aromatic rings. The van der Waals surface area contributed by atoms with Gasteiger partial charge < -0.3 is 24.4 Å². The van der Waals surface area contributed by atoms with E-state index in [2.05, 4.69) is 19.6 Å². The van der Waals surface area contributed by atoms with Gasteiger partial charge in [0.25, 0.3) is 0 Å². The highest BCUT2D eigenvalue weighted by molar-refractivity contribution is 5.85. The Hall–Kier alpha value is -3.94. The molecule has 49 heavy (non-hydrogen) atoms. The lowest BCUT2D eigenvalue weighted by Crippen LogP contribution is -2.30. The Balaban J connectivity index is 1.14. The summed E-state index contributed by atoms with van der Waals surface area (Å²) in [5, 5.41) is 7.98. The molecule has 0 atom stereocenters. The molecule has 2 aliphatic rings. The highest BCUT2D eigenvalue weighted by atomic mass is 16.5. The van der Waals surface area contributed by atoms with Crippen molar-refractivity contribution in [1.82, 2.24) is 0 Å². The molecule has 2 aliphatic carbocycles. The van der Waals surface area contributed by atoms with Crippen molar-refractivity contribution < 1.29 is 33.3 Å². The molecule has 0 amide bonds. The Morgan fingerprint density at radius 3 is 2.02 bits per heavy atom. The molecule has 0 saturated heterocycles. The molecule has 0 radical (unpaired) electrons. The molecular weight excluding hydrogens is 618 g/mol. The highest BCUT2D eigenvalue weighted by Crippen LogP contribution is 2.39. The van der Waals surface area contributed by atoms with Crippen LogP contribution < -0.4 is 14.2 Å². The minimum atomic E-state index is -0.391. The van der Waals surface area contributed by atoms with E-state index in [1.54, 1.807) is 24.3 Å². The lowest BCUT2D eigenvalue weighted by Gasteiger charge is -2.29. The quantitative estimate of drug-likeness (QED) is 0.0520. The van der Waals surface area contributed by atoms with Crippen molar-refractivity contribution in [2.75, 3.05) is 13.2 Å². The summed E-state index contributed by atoms with van der Waals surface area (Å²) < 4.78 is 22.2. The molecule has 0 bridgehead atoms. The van der Waals surface area contributed by atoms with E-state index in [-0.39, 0.29) is 23.8 Å². The summed E-state index contributed by atoms with van der Waals surface area (Å²) in [7, 11) is 0. The Kier molecular flexibility index (Phi) is 15.9. The fraction of sp³-hybridized carbons (Fsp3) is 0.561. The van der Waals surface area contributed by atoms with Gasteiger partial charge in [0, 0.05) is 17.9 Å². The van der Waals surface area contributed by atoms with Crippen LogP contribution in [0.15, 0.2) is 55.1 Å². The number of ether oxygens (including phenoxy) is 4. The van der Waals surface area contributed by atoms with E-state index >= 15 is 0 Å². The maximum Gasteiger partial charge on any atom is 0.330 e. The molecule has 0 spiro atoms. The Labute approximate surface area is 292 Å². The lowest BCUT2D eigenvalue weighted by molar-refractivity contribution is -0.145. The molecule has 2 saturated carbocycles. The van der Waals surface area contributed by atoms with Crippen LogP contribution in [0.2, 0.25) is 0 Å². The predicted octanol–water partition coefficient (Wildman–Crippen LogP) is 9.52. The standard InChI is InChI=1S/C41H55NO7/c1-3-5-8-11-30-12-14-31(15-13-30)34-20-25-38(35(28-34)29-42)49-41(45)33-18-16-32(17-19-33)40(44)48-37-23-21-36(22-24-37)46-26-9-6-7-10-27-47-39(43)4-2/h4,20-25,28-33,42H,2-3,5-19,26-27H2,1H3. The van der Waals surface area contributed by atoms with Gasteiger partial charge in [0.2, 0.25) is 0 Å². The molecule has 2 aromatic carbocycles. The predicted molar refractivity (Wildman–Crippen MR) is 191 cm³/mol. The zero-order valence-corrected chi connectivity index (χ0v) is 29.3. The van der Waals surface area contributed by atoms with Crippen molar-refractivity contribution in [3.05, 3.63) is 66.2 Å². The third-order valence-corrected chi connectivity index (χ3v) is 10.1. The minimum Gasteiger partial charge on any atom is -0.494 e.